The van der Waals surface area contributed by atoms with Crippen molar-refractivity contribution in [1.29, 1.82) is 0 Å². The predicted molar refractivity (Wildman–Crippen MR) is 83.7 cm³/mol. The van der Waals surface area contributed by atoms with E-state index in [9.17, 15) is 4.79 Å². The number of nitrogens with zero attached hydrogens (tertiary/aromatic N) is 3. The Balaban J connectivity index is 1.91. The molecule has 1 fully saturated rings. The molecule has 21 heavy (non-hydrogen) atoms. The molecule has 1 aliphatic heterocycles. The van der Waals surface area contributed by atoms with E-state index in [1.54, 1.807) is 22.7 Å². The number of aromatic nitrogens is 2. The lowest BCUT2D eigenvalue weighted by atomic mass is 10.1. The number of amides is 1. The van der Waals surface area contributed by atoms with Crippen LogP contribution < -0.4 is 0 Å². The van der Waals surface area contributed by atoms with Gasteiger partial charge in [-0.2, -0.15) is 0 Å². The fourth-order valence-corrected chi connectivity index (χ4v) is 3.28. The van der Waals surface area contributed by atoms with Gasteiger partial charge in [0, 0.05) is 18.3 Å². The SMILES string of the molecule is CC(C)(C)OC(=O)N1CCC[C@@H](Sc2ccc(Cl)nn2)C1. The van der Waals surface area contributed by atoms with Crippen molar-refractivity contribution in [3.63, 3.8) is 0 Å². The normalized spacial score (nSPS) is 19.4. The highest BCUT2D eigenvalue weighted by Gasteiger charge is 2.28. The second-order valence-electron chi connectivity index (χ2n) is 6.00. The van der Waals surface area contributed by atoms with Crippen molar-refractivity contribution in [2.75, 3.05) is 13.1 Å². The van der Waals surface area contributed by atoms with Crippen LogP contribution in [0.1, 0.15) is 33.6 Å². The summed E-state index contributed by atoms with van der Waals surface area (Å²) in [5.41, 5.74) is -0.459. The molecule has 5 nitrogen and oxygen atoms in total. The Morgan fingerprint density at radius 1 is 1.43 bits per heavy atom. The molecule has 1 aromatic rings. The number of rotatable bonds is 2. The molecule has 0 saturated carbocycles. The Hall–Kier alpha value is -1.01. The Bertz CT molecular complexity index is 490. The summed E-state index contributed by atoms with van der Waals surface area (Å²) in [6.45, 7) is 7.06. The molecule has 2 rings (SSSR count). The second kappa shape index (κ2) is 6.83. The number of carbonyl (C=O) groups excluding carboxylic acids is 1. The molecule has 0 aliphatic carbocycles. The van der Waals surface area contributed by atoms with Gasteiger partial charge >= 0.3 is 6.09 Å². The molecular weight excluding hydrogens is 310 g/mol. The average Bonchev–Trinajstić information content (AvgIpc) is 2.40. The fourth-order valence-electron chi connectivity index (χ4n) is 2.06. The summed E-state index contributed by atoms with van der Waals surface area (Å²) in [6.07, 6.45) is 1.78. The van der Waals surface area contributed by atoms with E-state index < -0.39 is 5.60 Å². The first kappa shape index (κ1) is 16.4. The van der Waals surface area contributed by atoms with Gasteiger partial charge in [-0.3, -0.25) is 0 Å². The van der Waals surface area contributed by atoms with Gasteiger partial charge in [0.1, 0.15) is 10.6 Å². The summed E-state index contributed by atoms with van der Waals surface area (Å²) >= 11 is 7.36. The van der Waals surface area contributed by atoms with Crippen LogP contribution in [0, 0.1) is 0 Å². The Labute approximate surface area is 134 Å². The molecule has 0 N–H and O–H groups in total. The lowest BCUT2D eigenvalue weighted by molar-refractivity contribution is 0.0220. The maximum atomic E-state index is 12.1. The number of hydrogen-bond acceptors (Lipinski definition) is 5. The van der Waals surface area contributed by atoms with E-state index in [4.69, 9.17) is 16.3 Å². The summed E-state index contributed by atoms with van der Waals surface area (Å²) in [5, 5.41) is 9.41. The van der Waals surface area contributed by atoms with Crippen molar-refractivity contribution in [3.05, 3.63) is 17.3 Å². The first-order chi connectivity index (χ1) is 9.83. The van der Waals surface area contributed by atoms with Crippen molar-refractivity contribution in [3.8, 4) is 0 Å². The molecule has 1 aliphatic rings. The molecular formula is C14H20ClN3O2S. The zero-order valence-electron chi connectivity index (χ0n) is 12.5. The third-order valence-corrected chi connectivity index (χ3v) is 4.30. The molecule has 0 bridgehead atoms. The summed E-state index contributed by atoms with van der Waals surface area (Å²) < 4.78 is 5.42. The highest BCUT2D eigenvalue weighted by Crippen LogP contribution is 2.28. The largest absolute Gasteiger partial charge is 0.444 e. The van der Waals surface area contributed by atoms with Crippen LogP contribution in [-0.2, 0) is 4.74 Å². The third kappa shape index (κ3) is 5.36. The van der Waals surface area contributed by atoms with Crippen LogP contribution in [-0.4, -0.2) is 45.1 Å². The molecule has 2 heterocycles. The second-order valence-corrected chi connectivity index (χ2v) is 7.71. The topological polar surface area (TPSA) is 55.3 Å². The van der Waals surface area contributed by atoms with E-state index in [-0.39, 0.29) is 6.09 Å². The van der Waals surface area contributed by atoms with Gasteiger partial charge in [0.2, 0.25) is 0 Å². The number of carbonyl (C=O) groups is 1. The zero-order valence-corrected chi connectivity index (χ0v) is 14.1. The highest BCUT2D eigenvalue weighted by molar-refractivity contribution is 7.99. The molecule has 0 unspecified atom stereocenters. The standard InChI is InChI=1S/C14H20ClN3O2S/c1-14(2,3)20-13(19)18-8-4-5-10(9-18)21-12-7-6-11(15)16-17-12/h6-7,10H,4-5,8-9H2,1-3H3/t10-/m1/s1. The summed E-state index contributed by atoms with van der Waals surface area (Å²) in [7, 11) is 0. The smallest absolute Gasteiger partial charge is 0.410 e. The van der Waals surface area contributed by atoms with Gasteiger partial charge in [-0.15, -0.1) is 10.2 Å². The molecule has 0 spiro atoms. The summed E-state index contributed by atoms with van der Waals surface area (Å²) in [5.74, 6) is 0. The molecule has 1 amide bonds. The van der Waals surface area contributed by atoms with Crippen molar-refractivity contribution in [2.24, 2.45) is 0 Å². The fraction of sp³-hybridized carbons (Fsp3) is 0.643. The van der Waals surface area contributed by atoms with Crippen molar-refractivity contribution < 1.29 is 9.53 Å². The first-order valence-corrected chi connectivity index (χ1v) is 8.23. The van der Waals surface area contributed by atoms with E-state index in [0.717, 1.165) is 24.4 Å². The number of hydrogen-bond donors (Lipinski definition) is 0. The van der Waals surface area contributed by atoms with Crippen LogP contribution in [0.15, 0.2) is 17.2 Å². The molecule has 1 saturated heterocycles. The minimum Gasteiger partial charge on any atom is -0.444 e. The lowest BCUT2D eigenvalue weighted by Gasteiger charge is -2.33. The third-order valence-electron chi connectivity index (χ3n) is 2.92. The number of thioether (sulfide) groups is 1. The summed E-state index contributed by atoms with van der Waals surface area (Å²) in [4.78, 5) is 13.9. The molecule has 7 heteroatoms. The van der Waals surface area contributed by atoms with Crippen molar-refractivity contribution in [1.82, 2.24) is 15.1 Å². The highest BCUT2D eigenvalue weighted by atomic mass is 35.5. The number of ether oxygens (including phenoxy) is 1. The monoisotopic (exact) mass is 329 g/mol. The molecule has 1 atom stereocenters. The van der Waals surface area contributed by atoms with Gasteiger partial charge in [-0.1, -0.05) is 23.4 Å². The van der Waals surface area contributed by atoms with Crippen molar-refractivity contribution in [2.45, 2.75) is 49.5 Å². The van der Waals surface area contributed by atoms with E-state index >= 15 is 0 Å². The maximum Gasteiger partial charge on any atom is 0.410 e. The van der Waals surface area contributed by atoms with Gasteiger partial charge in [-0.25, -0.2) is 4.79 Å². The van der Waals surface area contributed by atoms with Crippen LogP contribution in [0.3, 0.4) is 0 Å². The minimum absolute atomic E-state index is 0.241. The molecule has 0 aromatic carbocycles. The molecule has 116 valence electrons. The van der Waals surface area contributed by atoms with E-state index in [2.05, 4.69) is 10.2 Å². The van der Waals surface area contributed by atoms with Crippen LogP contribution in [0.4, 0.5) is 4.79 Å². The zero-order chi connectivity index (χ0) is 15.5. The van der Waals surface area contributed by atoms with Gasteiger partial charge in [0.15, 0.2) is 5.15 Å². The number of piperidine rings is 1. The van der Waals surface area contributed by atoms with E-state index in [0.29, 0.717) is 16.9 Å². The van der Waals surface area contributed by atoms with Gasteiger partial charge < -0.3 is 9.64 Å². The predicted octanol–water partition coefficient (Wildman–Crippen LogP) is 3.62. The average molecular weight is 330 g/mol. The van der Waals surface area contributed by atoms with Crippen LogP contribution in [0.2, 0.25) is 5.15 Å². The molecule has 0 radical (unpaired) electrons. The lowest BCUT2D eigenvalue weighted by Crippen LogP contribution is -2.43. The minimum atomic E-state index is -0.459. The quantitative estimate of drug-likeness (QED) is 0.829. The number of halogens is 1. The van der Waals surface area contributed by atoms with Gasteiger partial charge in [0.25, 0.3) is 0 Å². The van der Waals surface area contributed by atoms with Crippen LogP contribution in [0.5, 0.6) is 0 Å². The Kier molecular flexibility index (Phi) is 5.32. The summed E-state index contributed by atoms with van der Waals surface area (Å²) in [6, 6.07) is 3.58. The first-order valence-electron chi connectivity index (χ1n) is 6.97. The van der Waals surface area contributed by atoms with Crippen LogP contribution >= 0.6 is 23.4 Å². The maximum absolute atomic E-state index is 12.1. The van der Waals surface area contributed by atoms with Crippen molar-refractivity contribution >= 4 is 29.5 Å². The number of likely N-dealkylation sites (tertiary alicyclic amines) is 1. The molecule has 1 aromatic heterocycles. The van der Waals surface area contributed by atoms with Gasteiger partial charge in [0.05, 0.1) is 0 Å². The van der Waals surface area contributed by atoms with Crippen LogP contribution in [0.25, 0.3) is 0 Å². The van der Waals surface area contributed by atoms with Gasteiger partial charge in [-0.05, 0) is 45.7 Å². The van der Waals surface area contributed by atoms with E-state index in [1.807, 2.05) is 26.8 Å². The Morgan fingerprint density at radius 2 is 2.19 bits per heavy atom. The van der Waals surface area contributed by atoms with E-state index in [1.165, 1.54) is 0 Å². The Morgan fingerprint density at radius 3 is 2.81 bits per heavy atom.